The summed E-state index contributed by atoms with van der Waals surface area (Å²) in [4.78, 5) is 0. The van der Waals surface area contributed by atoms with Gasteiger partial charge in [-0.3, -0.25) is 0 Å². The first kappa shape index (κ1) is 8.55. The van der Waals surface area contributed by atoms with E-state index in [4.69, 9.17) is 21.9 Å². The van der Waals surface area contributed by atoms with Crippen LogP contribution in [0, 0.1) is 0 Å². The summed E-state index contributed by atoms with van der Waals surface area (Å²) in [5, 5.41) is -3.95. The van der Waals surface area contributed by atoms with Crippen LogP contribution < -0.4 is 0 Å². The van der Waals surface area contributed by atoms with Crippen molar-refractivity contribution in [1.82, 2.24) is 0 Å². The molecule has 1 heteroatoms. The fourth-order valence-corrected chi connectivity index (χ4v) is 5.64. The van der Waals surface area contributed by atoms with E-state index in [0.29, 0.717) is 11.3 Å². The molecule has 0 amide bonds. The lowest BCUT2D eigenvalue weighted by atomic mass is 9.84. The van der Waals surface area contributed by atoms with E-state index in [1.807, 2.05) is 0 Å². The Labute approximate surface area is 250 Å². The molecule has 1 heterocycles. The monoisotopic (exact) mass is 508 g/mol. The molecule has 0 spiro atoms. The maximum Gasteiger partial charge on any atom is 0.0638 e. The van der Waals surface area contributed by atoms with E-state index in [2.05, 4.69) is 0 Å². The molecule has 0 saturated carbocycles. The van der Waals surface area contributed by atoms with Crippen LogP contribution in [-0.4, -0.2) is 0 Å². The molecule has 8 rings (SSSR count). The minimum absolute atomic E-state index is 0.0994. The highest BCUT2D eigenvalue weighted by Crippen LogP contribution is 2.48. The van der Waals surface area contributed by atoms with Crippen molar-refractivity contribution in [3.05, 3.63) is 133 Å². The van der Waals surface area contributed by atoms with E-state index in [1.54, 1.807) is 0 Å². The Kier molecular flexibility index (Phi) is 1.85. The predicted octanol–water partition coefficient (Wildman–Crippen LogP) is 10.8. The fraction of sp³-hybridized carbons (Fsp3) is 0. The largest absolute Gasteiger partial charge is 0.135 e. The molecule has 0 radical (unpaired) electrons. The Bertz CT molecular complexity index is 3260. The van der Waals surface area contributed by atoms with Gasteiger partial charge < -0.3 is 0 Å². The summed E-state index contributed by atoms with van der Waals surface area (Å²) in [5.74, 6) is 0. The molecule has 0 aliphatic carbocycles. The Balaban J connectivity index is 1.84. The van der Waals surface area contributed by atoms with Crippen molar-refractivity contribution in [2.75, 3.05) is 0 Å². The van der Waals surface area contributed by atoms with Crippen molar-refractivity contribution in [3.63, 3.8) is 0 Å². The maximum atomic E-state index is 9.36. The highest BCUT2D eigenvalue weighted by molar-refractivity contribution is 7.25. The van der Waals surface area contributed by atoms with Gasteiger partial charge in [-0.1, -0.05) is 121 Å². The van der Waals surface area contributed by atoms with E-state index in [-0.39, 0.29) is 20.2 Å². The Hall–Kier alpha value is -4.46. The fourth-order valence-electron chi connectivity index (χ4n) is 4.67. The molecule has 0 aliphatic heterocycles. The van der Waals surface area contributed by atoms with Crippen molar-refractivity contribution in [2.24, 2.45) is 0 Å². The number of thiophene rings is 1. The predicted molar refractivity (Wildman–Crippen MR) is 163 cm³/mol. The highest BCUT2D eigenvalue weighted by Gasteiger charge is 2.20. The number of hydrogen-bond acceptors (Lipinski definition) is 1. The summed E-state index contributed by atoms with van der Waals surface area (Å²) < 4.78 is 195. The van der Waals surface area contributed by atoms with Gasteiger partial charge >= 0.3 is 0 Å². The van der Waals surface area contributed by atoms with Gasteiger partial charge in [-0.2, -0.15) is 0 Å². The SMILES string of the molecule is [2H]c1c([2H])c([2H])c2c(sc3c([2H])c([2H])c([2H])c(-c4c5c([2H])c([2H])c([2H])c([2H])c5c(-c5c([2H])c([2H])c([2H])c6c([2H])c([2H])c([2H])c([2H])c56)c5c([2H])c([2H])c([2H])c([2H])c45)c32)c1[2H]. The number of hydrogen-bond donors (Lipinski definition) is 0. The zero-order chi connectivity index (χ0) is 43.5. The summed E-state index contributed by atoms with van der Waals surface area (Å²) in [6, 6.07) is -17.6. The molecule has 172 valence electrons. The first-order valence-corrected chi connectivity index (χ1v) is 11.7. The van der Waals surface area contributed by atoms with Crippen LogP contribution in [0.5, 0.6) is 0 Å². The van der Waals surface area contributed by atoms with Gasteiger partial charge in [0.1, 0.15) is 0 Å². The Morgan fingerprint density at radius 3 is 1.54 bits per heavy atom. The lowest BCUT2D eigenvalue weighted by Gasteiger charge is -2.19. The number of rotatable bonds is 2. The molecular formula is C36H22S. The molecule has 0 bridgehead atoms. The summed E-state index contributed by atoms with van der Waals surface area (Å²) in [5.41, 5.74) is -2.21. The number of benzene rings is 7. The average Bonchev–Trinajstić information content (AvgIpc) is 3.61. The lowest BCUT2D eigenvalue weighted by molar-refractivity contribution is 1.69. The third-order valence-corrected chi connectivity index (χ3v) is 7.16. The third-order valence-electron chi connectivity index (χ3n) is 6.14. The lowest BCUT2D eigenvalue weighted by Crippen LogP contribution is -1.92. The summed E-state index contributed by atoms with van der Waals surface area (Å²) >= 11 is 0.693. The third kappa shape index (κ3) is 3.02. The van der Waals surface area contributed by atoms with Crippen molar-refractivity contribution in [3.8, 4) is 22.3 Å². The normalized spacial score (nSPS) is 20.1. The van der Waals surface area contributed by atoms with Crippen LogP contribution >= 0.6 is 11.3 Å². The topological polar surface area (TPSA) is 0 Å². The second-order valence-corrected chi connectivity index (χ2v) is 9.03. The molecule has 0 saturated heterocycles. The van der Waals surface area contributed by atoms with Gasteiger partial charge in [0.05, 0.1) is 30.2 Å². The maximum absolute atomic E-state index is 9.36. The molecule has 0 unspecified atom stereocenters. The standard InChI is InChI=1S/C36H22S/c1-2-13-24-23(11-1)12-9-19-25(24)34-26-14-3-5-16-28(26)35(29-17-6-4-15-27(29)34)31-20-10-22-33-36(31)30-18-7-8-21-32(30)37-33/h1-22H/i1D,2D,3D,4D,5D,6D,7D,8D,9D,10D,11D,12D,13D,14D,15D,16D,17D,18D,19D,20D,21D,22D. The van der Waals surface area contributed by atoms with Gasteiger partial charge in [0.2, 0.25) is 0 Å². The van der Waals surface area contributed by atoms with E-state index in [9.17, 15) is 8.22 Å². The molecule has 0 N–H and O–H groups in total. The molecular weight excluding hydrogens is 464 g/mol. The van der Waals surface area contributed by atoms with Crippen LogP contribution in [0.25, 0.3) is 74.7 Å². The molecule has 37 heavy (non-hydrogen) atoms. The van der Waals surface area contributed by atoms with Crippen LogP contribution in [0.1, 0.15) is 30.2 Å². The Morgan fingerprint density at radius 1 is 0.378 bits per heavy atom. The molecule has 1 aromatic heterocycles. The van der Waals surface area contributed by atoms with E-state index >= 15 is 0 Å². The van der Waals surface area contributed by atoms with Crippen LogP contribution in [0.4, 0.5) is 0 Å². The first-order valence-electron chi connectivity index (χ1n) is 21.9. The molecule has 7 aromatic carbocycles. The van der Waals surface area contributed by atoms with Gasteiger partial charge in [-0.25, -0.2) is 0 Å². The van der Waals surface area contributed by atoms with Crippen LogP contribution in [0.15, 0.2) is 133 Å². The van der Waals surface area contributed by atoms with Crippen molar-refractivity contribution in [1.29, 1.82) is 0 Å². The van der Waals surface area contributed by atoms with E-state index < -0.39 is 188 Å². The van der Waals surface area contributed by atoms with Gasteiger partial charge in [0.15, 0.2) is 0 Å². The smallest absolute Gasteiger partial charge is 0.0638 e. The molecule has 0 atom stereocenters. The molecule has 0 fully saturated rings. The van der Waals surface area contributed by atoms with Gasteiger partial charge in [0, 0.05) is 20.2 Å². The summed E-state index contributed by atoms with van der Waals surface area (Å²) in [7, 11) is 0. The van der Waals surface area contributed by atoms with Gasteiger partial charge in [0.25, 0.3) is 0 Å². The molecule has 0 nitrogen and oxygen atoms in total. The van der Waals surface area contributed by atoms with Crippen molar-refractivity contribution >= 4 is 63.8 Å². The van der Waals surface area contributed by atoms with Crippen LogP contribution in [0.3, 0.4) is 0 Å². The first-order chi connectivity index (χ1) is 27.5. The van der Waals surface area contributed by atoms with E-state index in [0.717, 1.165) is 0 Å². The van der Waals surface area contributed by atoms with Crippen molar-refractivity contribution < 1.29 is 30.2 Å². The van der Waals surface area contributed by atoms with Crippen molar-refractivity contribution in [2.45, 2.75) is 0 Å². The van der Waals surface area contributed by atoms with Crippen LogP contribution in [-0.2, 0) is 0 Å². The zero-order valence-corrected chi connectivity index (χ0v) is 19.2. The van der Waals surface area contributed by atoms with E-state index in [1.165, 1.54) is 0 Å². The van der Waals surface area contributed by atoms with Crippen LogP contribution in [0.2, 0.25) is 0 Å². The second kappa shape index (κ2) is 8.03. The zero-order valence-electron chi connectivity index (χ0n) is 40.4. The average molecular weight is 509 g/mol. The van der Waals surface area contributed by atoms with Gasteiger partial charge in [-0.05, 0) is 66.7 Å². The number of fused-ring (bicyclic) bond motifs is 6. The summed E-state index contributed by atoms with van der Waals surface area (Å²) in [6.45, 7) is 0. The molecule has 8 aromatic rings. The minimum Gasteiger partial charge on any atom is -0.135 e. The summed E-state index contributed by atoms with van der Waals surface area (Å²) in [6.07, 6.45) is 0. The van der Waals surface area contributed by atoms with Gasteiger partial charge in [-0.15, -0.1) is 11.3 Å². The quantitative estimate of drug-likeness (QED) is 0.204. The highest BCUT2D eigenvalue weighted by atomic mass is 32.1. The molecule has 0 aliphatic rings. The Morgan fingerprint density at radius 2 is 0.838 bits per heavy atom. The minimum atomic E-state index is -0.898. The second-order valence-electron chi connectivity index (χ2n) is 8.01.